The number of aryl methyl sites for hydroxylation is 1. The first kappa shape index (κ1) is 13.5. The number of hydrogen-bond donors (Lipinski definition) is 0. The molecular weight excluding hydrogens is 304 g/mol. The Morgan fingerprint density at radius 2 is 2.22 bits per heavy atom. The zero-order valence-electron chi connectivity index (χ0n) is 10.0. The van der Waals surface area contributed by atoms with E-state index in [-0.39, 0.29) is 25.3 Å². The molecule has 98 valence electrons. The Bertz CT molecular complexity index is 476. The van der Waals surface area contributed by atoms with Crippen LogP contribution in [0.3, 0.4) is 0 Å². The summed E-state index contributed by atoms with van der Waals surface area (Å²) < 4.78 is 27.0. The molecule has 0 N–H and O–H groups in total. The molecule has 5 heteroatoms. The SMILES string of the molecule is Cc1cc(Br)ccc1CC(=O)N1CCC(F)(F)C1. The van der Waals surface area contributed by atoms with Gasteiger partial charge in [-0.15, -0.1) is 0 Å². The predicted octanol–water partition coefficient (Wildman–Crippen LogP) is 3.17. The highest BCUT2D eigenvalue weighted by Gasteiger charge is 2.40. The largest absolute Gasteiger partial charge is 0.336 e. The van der Waals surface area contributed by atoms with E-state index in [1.54, 1.807) is 0 Å². The number of likely N-dealkylation sites (tertiary alicyclic amines) is 1. The molecule has 0 bridgehead atoms. The second kappa shape index (κ2) is 4.96. The fourth-order valence-corrected chi connectivity index (χ4v) is 2.56. The summed E-state index contributed by atoms with van der Waals surface area (Å²) in [7, 11) is 0. The van der Waals surface area contributed by atoms with Gasteiger partial charge >= 0.3 is 0 Å². The van der Waals surface area contributed by atoms with Crippen LogP contribution < -0.4 is 0 Å². The van der Waals surface area contributed by atoms with E-state index in [0.29, 0.717) is 0 Å². The van der Waals surface area contributed by atoms with Crippen molar-refractivity contribution in [3.05, 3.63) is 33.8 Å². The Morgan fingerprint density at radius 3 is 2.78 bits per heavy atom. The number of amides is 1. The van der Waals surface area contributed by atoms with Crippen molar-refractivity contribution in [1.82, 2.24) is 4.90 Å². The van der Waals surface area contributed by atoms with Gasteiger partial charge in [-0.05, 0) is 30.2 Å². The zero-order chi connectivity index (χ0) is 13.3. The average molecular weight is 318 g/mol. The molecule has 1 aliphatic heterocycles. The third kappa shape index (κ3) is 3.07. The van der Waals surface area contributed by atoms with Crippen LogP contribution in [0.25, 0.3) is 0 Å². The number of rotatable bonds is 2. The molecule has 18 heavy (non-hydrogen) atoms. The van der Waals surface area contributed by atoms with Crippen LogP contribution >= 0.6 is 15.9 Å². The van der Waals surface area contributed by atoms with Gasteiger partial charge in [0.25, 0.3) is 5.92 Å². The summed E-state index contributed by atoms with van der Waals surface area (Å²) in [5.74, 6) is -2.94. The first-order chi connectivity index (χ1) is 8.37. The second-order valence-electron chi connectivity index (χ2n) is 4.67. The van der Waals surface area contributed by atoms with E-state index >= 15 is 0 Å². The highest BCUT2D eigenvalue weighted by atomic mass is 79.9. The van der Waals surface area contributed by atoms with Crippen molar-refractivity contribution in [2.45, 2.75) is 25.7 Å². The summed E-state index contributed by atoms with van der Waals surface area (Å²) in [6, 6.07) is 5.63. The lowest BCUT2D eigenvalue weighted by atomic mass is 10.1. The van der Waals surface area contributed by atoms with Gasteiger partial charge in [0.2, 0.25) is 5.91 Å². The Balaban J connectivity index is 2.04. The lowest BCUT2D eigenvalue weighted by molar-refractivity contribution is -0.130. The average Bonchev–Trinajstić information content (AvgIpc) is 2.63. The van der Waals surface area contributed by atoms with Gasteiger partial charge in [0.15, 0.2) is 0 Å². The predicted molar refractivity (Wildman–Crippen MR) is 68.7 cm³/mol. The molecule has 2 nitrogen and oxygen atoms in total. The van der Waals surface area contributed by atoms with Crippen molar-refractivity contribution in [2.24, 2.45) is 0 Å². The molecule has 2 rings (SSSR count). The molecule has 0 saturated carbocycles. The van der Waals surface area contributed by atoms with Crippen LogP contribution in [0.15, 0.2) is 22.7 Å². The summed E-state index contributed by atoms with van der Waals surface area (Å²) >= 11 is 3.35. The standard InChI is InChI=1S/C13H14BrF2NO/c1-9-6-11(14)3-2-10(9)7-12(18)17-5-4-13(15,16)8-17/h2-3,6H,4-5,7-8H2,1H3. The van der Waals surface area contributed by atoms with E-state index in [0.717, 1.165) is 15.6 Å². The molecule has 1 amide bonds. The van der Waals surface area contributed by atoms with Crippen molar-refractivity contribution in [1.29, 1.82) is 0 Å². The Morgan fingerprint density at radius 1 is 1.50 bits per heavy atom. The molecule has 0 radical (unpaired) electrons. The Labute approximate surface area is 113 Å². The molecule has 0 atom stereocenters. The van der Waals surface area contributed by atoms with Gasteiger partial charge in [-0.1, -0.05) is 22.0 Å². The van der Waals surface area contributed by atoms with E-state index in [9.17, 15) is 13.6 Å². The maximum atomic E-state index is 13.0. The van der Waals surface area contributed by atoms with Crippen molar-refractivity contribution in [3.8, 4) is 0 Å². The number of halogens is 3. The minimum atomic E-state index is -2.72. The van der Waals surface area contributed by atoms with Gasteiger partial charge in [-0.25, -0.2) is 8.78 Å². The van der Waals surface area contributed by atoms with Crippen LogP contribution in [0.2, 0.25) is 0 Å². The third-order valence-corrected chi connectivity index (χ3v) is 3.66. The van der Waals surface area contributed by atoms with Gasteiger partial charge in [0, 0.05) is 17.4 Å². The van der Waals surface area contributed by atoms with E-state index < -0.39 is 12.5 Å². The molecule has 1 heterocycles. The van der Waals surface area contributed by atoms with Gasteiger partial charge in [0.1, 0.15) is 0 Å². The monoisotopic (exact) mass is 317 g/mol. The smallest absolute Gasteiger partial charge is 0.267 e. The summed E-state index contributed by atoms with van der Waals surface area (Å²) in [6.07, 6.45) is -0.0345. The van der Waals surface area contributed by atoms with Gasteiger partial charge in [-0.3, -0.25) is 4.79 Å². The topological polar surface area (TPSA) is 20.3 Å². The molecule has 1 aromatic rings. The van der Waals surface area contributed by atoms with Crippen molar-refractivity contribution < 1.29 is 13.6 Å². The van der Waals surface area contributed by atoms with Crippen molar-refractivity contribution >= 4 is 21.8 Å². The van der Waals surface area contributed by atoms with Crippen LogP contribution in [0.4, 0.5) is 8.78 Å². The zero-order valence-corrected chi connectivity index (χ0v) is 11.6. The second-order valence-corrected chi connectivity index (χ2v) is 5.58. The van der Waals surface area contributed by atoms with Crippen LogP contribution in [0.5, 0.6) is 0 Å². The molecule has 1 aliphatic rings. The Hall–Kier alpha value is -0.970. The summed E-state index contributed by atoms with van der Waals surface area (Å²) in [5, 5.41) is 0. The van der Waals surface area contributed by atoms with Crippen molar-refractivity contribution in [3.63, 3.8) is 0 Å². The summed E-state index contributed by atoms with van der Waals surface area (Å²) in [4.78, 5) is 13.2. The van der Waals surface area contributed by atoms with Gasteiger partial charge in [-0.2, -0.15) is 0 Å². The fourth-order valence-electron chi connectivity index (χ4n) is 2.08. The number of hydrogen-bond acceptors (Lipinski definition) is 1. The van der Waals surface area contributed by atoms with Gasteiger partial charge < -0.3 is 4.90 Å². The normalized spacial score (nSPS) is 18.1. The van der Waals surface area contributed by atoms with E-state index in [4.69, 9.17) is 0 Å². The fraction of sp³-hybridized carbons (Fsp3) is 0.462. The van der Waals surface area contributed by atoms with E-state index in [1.165, 1.54) is 4.90 Å². The molecule has 1 saturated heterocycles. The maximum absolute atomic E-state index is 13.0. The van der Waals surface area contributed by atoms with Crippen molar-refractivity contribution in [2.75, 3.05) is 13.1 Å². The molecule has 1 fully saturated rings. The number of alkyl halides is 2. The Kier molecular flexibility index (Phi) is 3.71. The van der Waals surface area contributed by atoms with Crippen LogP contribution in [-0.4, -0.2) is 29.8 Å². The molecule has 1 aromatic carbocycles. The number of carbonyl (C=O) groups is 1. The van der Waals surface area contributed by atoms with Crippen LogP contribution in [-0.2, 0) is 11.2 Å². The highest BCUT2D eigenvalue weighted by Crippen LogP contribution is 2.27. The molecule has 0 spiro atoms. The van der Waals surface area contributed by atoms with E-state index in [2.05, 4.69) is 15.9 Å². The third-order valence-electron chi connectivity index (χ3n) is 3.17. The van der Waals surface area contributed by atoms with Crippen LogP contribution in [0, 0.1) is 6.92 Å². The minimum Gasteiger partial charge on any atom is -0.336 e. The summed E-state index contributed by atoms with van der Waals surface area (Å²) in [6.45, 7) is 1.62. The molecule has 0 aliphatic carbocycles. The number of benzene rings is 1. The quantitative estimate of drug-likeness (QED) is 0.820. The maximum Gasteiger partial charge on any atom is 0.267 e. The molecule has 0 aromatic heterocycles. The first-order valence-corrected chi connectivity index (χ1v) is 6.57. The molecular formula is C13H14BrF2NO. The van der Waals surface area contributed by atoms with Gasteiger partial charge in [0.05, 0.1) is 13.0 Å². The highest BCUT2D eigenvalue weighted by molar-refractivity contribution is 9.10. The number of nitrogens with zero attached hydrogens (tertiary/aromatic N) is 1. The number of carbonyl (C=O) groups excluding carboxylic acids is 1. The lowest BCUT2D eigenvalue weighted by Gasteiger charge is -2.16. The lowest BCUT2D eigenvalue weighted by Crippen LogP contribution is -2.32. The summed E-state index contributed by atoms with van der Waals surface area (Å²) in [5.41, 5.74) is 1.88. The van der Waals surface area contributed by atoms with Crippen LogP contribution in [0.1, 0.15) is 17.5 Å². The minimum absolute atomic E-state index is 0.154. The van der Waals surface area contributed by atoms with E-state index in [1.807, 2.05) is 25.1 Å². The molecule has 0 unspecified atom stereocenters. The first-order valence-electron chi connectivity index (χ1n) is 5.78.